The first-order valence-corrected chi connectivity index (χ1v) is 8.16. The molecule has 0 unspecified atom stereocenters. The number of hydrogen-bond donors (Lipinski definition) is 2. The summed E-state index contributed by atoms with van der Waals surface area (Å²) in [6.07, 6.45) is 0.450. The Morgan fingerprint density at radius 3 is 2.36 bits per heavy atom. The van der Waals surface area contributed by atoms with E-state index in [2.05, 4.69) is 15.0 Å². The highest BCUT2D eigenvalue weighted by molar-refractivity contribution is 6.34. The number of ether oxygens (including phenoxy) is 2. The molecule has 0 fully saturated rings. The molecule has 0 aliphatic carbocycles. The van der Waals surface area contributed by atoms with Crippen molar-refractivity contribution in [1.82, 2.24) is 19.5 Å². The van der Waals surface area contributed by atoms with Gasteiger partial charge in [0.2, 0.25) is 10.9 Å². The van der Waals surface area contributed by atoms with Gasteiger partial charge < -0.3 is 14.5 Å². The lowest BCUT2D eigenvalue weighted by atomic mass is 10.1. The summed E-state index contributed by atoms with van der Waals surface area (Å²) in [5, 5.41) is 8.36. The van der Waals surface area contributed by atoms with E-state index in [4.69, 9.17) is 38.1 Å². The maximum atomic E-state index is 11.0. The van der Waals surface area contributed by atoms with Crippen molar-refractivity contribution < 1.29 is 19.1 Å². The van der Waals surface area contributed by atoms with E-state index in [1.807, 2.05) is 0 Å². The third-order valence-electron chi connectivity index (χ3n) is 3.37. The number of fused-ring (bicyclic) bond motifs is 1. The van der Waals surface area contributed by atoms with Crippen LogP contribution in [-0.4, -0.2) is 44.7 Å². The van der Waals surface area contributed by atoms with Crippen molar-refractivity contribution in [3.63, 3.8) is 0 Å². The summed E-state index contributed by atoms with van der Waals surface area (Å²) in [6, 6.07) is 0. The fourth-order valence-corrected chi connectivity index (χ4v) is 2.62. The van der Waals surface area contributed by atoms with Gasteiger partial charge in [-0.05, 0) is 18.0 Å². The number of aromatic amines is 1. The molecule has 0 aliphatic heterocycles. The van der Waals surface area contributed by atoms with E-state index in [1.165, 1.54) is 18.4 Å². The second kappa shape index (κ2) is 8.30. The third kappa shape index (κ3) is 5.17. The predicted molar refractivity (Wildman–Crippen MR) is 89.1 cm³/mol. The largest absolute Gasteiger partial charge is 0.465 e. The van der Waals surface area contributed by atoms with Crippen molar-refractivity contribution in [2.75, 3.05) is 13.2 Å². The highest BCUT2D eigenvalue weighted by Crippen LogP contribution is 2.20. The van der Waals surface area contributed by atoms with Gasteiger partial charge in [0.05, 0.1) is 13.2 Å². The van der Waals surface area contributed by atoms with Crippen molar-refractivity contribution in [3.8, 4) is 0 Å². The SMILES string of the molecule is CC(=O)OCC(CCn1c(Cl)c2[nH]c(Cl)nc2nc1=N)COC(C)=O. The summed E-state index contributed by atoms with van der Waals surface area (Å²) < 4.78 is 11.4. The third-order valence-corrected chi connectivity index (χ3v) is 3.94. The molecule has 0 bridgehead atoms. The van der Waals surface area contributed by atoms with E-state index >= 15 is 0 Å². The average Bonchev–Trinajstić information content (AvgIpc) is 2.89. The first kappa shape index (κ1) is 19.2. The van der Waals surface area contributed by atoms with E-state index in [0.29, 0.717) is 18.5 Å². The van der Waals surface area contributed by atoms with Crippen LogP contribution >= 0.6 is 23.2 Å². The van der Waals surface area contributed by atoms with Crippen LogP contribution < -0.4 is 5.62 Å². The fourth-order valence-electron chi connectivity index (χ4n) is 2.15. The van der Waals surface area contributed by atoms with Gasteiger partial charge in [0.1, 0.15) is 10.7 Å². The van der Waals surface area contributed by atoms with E-state index in [-0.39, 0.29) is 40.8 Å². The lowest BCUT2D eigenvalue weighted by Crippen LogP contribution is -2.27. The Labute approximate surface area is 152 Å². The lowest BCUT2D eigenvalue weighted by Gasteiger charge is -2.17. The van der Waals surface area contributed by atoms with Gasteiger partial charge in [-0.25, -0.2) is 0 Å². The number of nitrogens with one attached hydrogen (secondary N) is 2. The fraction of sp³-hybridized carbons (Fsp3) is 0.500. The number of carbonyl (C=O) groups is 2. The maximum absolute atomic E-state index is 11.0. The molecule has 9 nitrogen and oxygen atoms in total. The van der Waals surface area contributed by atoms with Gasteiger partial charge in [-0.3, -0.25) is 19.6 Å². The van der Waals surface area contributed by atoms with Crippen LogP contribution in [0.15, 0.2) is 0 Å². The Hall–Kier alpha value is -2.13. The van der Waals surface area contributed by atoms with E-state index in [1.54, 1.807) is 0 Å². The van der Waals surface area contributed by atoms with Gasteiger partial charge >= 0.3 is 11.9 Å². The molecule has 2 N–H and O–H groups in total. The Bertz CT molecular complexity index is 830. The molecule has 0 saturated heterocycles. The molecule has 2 rings (SSSR count). The van der Waals surface area contributed by atoms with Crippen molar-refractivity contribution in [1.29, 1.82) is 5.41 Å². The van der Waals surface area contributed by atoms with Gasteiger partial charge in [-0.2, -0.15) is 9.97 Å². The molecule has 0 saturated carbocycles. The average molecular weight is 390 g/mol. The van der Waals surface area contributed by atoms with Crippen LogP contribution in [-0.2, 0) is 25.6 Å². The molecule has 0 aliphatic rings. The molecule has 2 heterocycles. The summed E-state index contributed by atoms with van der Waals surface area (Å²) in [5.74, 6) is -1.08. The van der Waals surface area contributed by atoms with Crippen LogP contribution in [0, 0.1) is 11.3 Å². The molecule has 136 valence electrons. The van der Waals surface area contributed by atoms with Crippen molar-refractivity contribution in [3.05, 3.63) is 16.1 Å². The second-order valence-corrected chi connectivity index (χ2v) is 6.08. The van der Waals surface area contributed by atoms with Gasteiger partial charge in [0.25, 0.3) is 0 Å². The number of carbonyl (C=O) groups excluding carboxylic acids is 2. The summed E-state index contributed by atoms with van der Waals surface area (Å²) in [7, 11) is 0. The number of imidazole rings is 1. The van der Waals surface area contributed by atoms with Gasteiger partial charge in [0, 0.05) is 26.3 Å². The van der Waals surface area contributed by atoms with Crippen LogP contribution in [0.2, 0.25) is 10.4 Å². The smallest absolute Gasteiger partial charge is 0.302 e. The molecule has 2 aromatic heterocycles. The minimum Gasteiger partial charge on any atom is -0.465 e. The monoisotopic (exact) mass is 389 g/mol. The Kier molecular flexibility index (Phi) is 6.38. The second-order valence-electron chi connectivity index (χ2n) is 5.36. The minimum atomic E-state index is -0.421. The predicted octanol–water partition coefficient (Wildman–Crippen LogP) is 1.68. The number of halogens is 2. The zero-order valence-electron chi connectivity index (χ0n) is 13.6. The van der Waals surface area contributed by atoms with E-state index in [0.717, 1.165) is 0 Å². The minimum absolute atomic E-state index is 0.0839. The highest BCUT2D eigenvalue weighted by atomic mass is 35.5. The zero-order chi connectivity index (χ0) is 18.6. The Morgan fingerprint density at radius 1 is 1.20 bits per heavy atom. The summed E-state index contributed by atoms with van der Waals surface area (Å²) in [4.78, 5) is 32.7. The highest BCUT2D eigenvalue weighted by Gasteiger charge is 2.16. The van der Waals surface area contributed by atoms with E-state index in [9.17, 15) is 9.59 Å². The van der Waals surface area contributed by atoms with Crippen LogP contribution in [0.3, 0.4) is 0 Å². The summed E-state index contributed by atoms with van der Waals surface area (Å²) >= 11 is 12.1. The number of nitrogens with zero attached hydrogens (tertiary/aromatic N) is 3. The van der Waals surface area contributed by atoms with Crippen LogP contribution in [0.5, 0.6) is 0 Å². The van der Waals surface area contributed by atoms with Gasteiger partial charge in [-0.15, -0.1) is 0 Å². The van der Waals surface area contributed by atoms with Crippen LogP contribution in [0.25, 0.3) is 11.2 Å². The number of H-pyrrole nitrogens is 1. The summed E-state index contributed by atoms with van der Waals surface area (Å²) in [5.41, 5.74) is 0.603. The normalized spacial score (nSPS) is 11.1. The van der Waals surface area contributed by atoms with Crippen molar-refractivity contribution in [2.24, 2.45) is 5.92 Å². The number of hydrogen-bond acceptors (Lipinski definition) is 7. The molecule has 0 radical (unpaired) electrons. The molecular formula is C14H17Cl2N5O4. The molecule has 0 amide bonds. The molecular weight excluding hydrogens is 373 g/mol. The number of esters is 2. The van der Waals surface area contributed by atoms with Crippen LogP contribution in [0.1, 0.15) is 20.3 Å². The first-order chi connectivity index (χ1) is 11.8. The van der Waals surface area contributed by atoms with E-state index < -0.39 is 11.9 Å². The molecule has 0 atom stereocenters. The molecule has 2 aromatic rings. The zero-order valence-corrected chi connectivity index (χ0v) is 15.1. The van der Waals surface area contributed by atoms with Gasteiger partial charge in [0.15, 0.2) is 5.65 Å². The summed E-state index contributed by atoms with van der Waals surface area (Å²) in [6.45, 7) is 3.11. The maximum Gasteiger partial charge on any atom is 0.302 e. The number of aromatic nitrogens is 4. The Morgan fingerprint density at radius 2 is 1.80 bits per heavy atom. The molecule has 0 aromatic carbocycles. The topological polar surface area (TPSA) is 123 Å². The van der Waals surface area contributed by atoms with Crippen LogP contribution in [0.4, 0.5) is 0 Å². The molecule has 25 heavy (non-hydrogen) atoms. The standard InChI is InChI=1S/C14H17Cl2N5O4/c1-7(22)24-5-9(6-25-8(2)23)3-4-21-11(15)10-12(20-14(21)17)19-13(16)18-10/h9H,3-6H2,1-2H3,(H2,17,18,19,20). The van der Waals surface area contributed by atoms with Crippen molar-refractivity contribution >= 4 is 46.3 Å². The first-order valence-electron chi connectivity index (χ1n) is 7.40. The molecule has 11 heteroatoms. The lowest BCUT2D eigenvalue weighted by molar-refractivity contribution is -0.146. The quantitative estimate of drug-likeness (QED) is 0.421. The number of rotatable bonds is 7. The van der Waals surface area contributed by atoms with Gasteiger partial charge in [-0.1, -0.05) is 11.6 Å². The Balaban J connectivity index is 2.15. The van der Waals surface area contributed by atoms with Crippen molar-refractivity contribution in [2.45, 2.75) is 26.8 Å². The molecule has 0 spiro atoms.